The number of rotatable bonds is 4. The summed E-state index contributed by atoms with van der Waals surface area (Å²) in [5.74, 6) is 0.0482. The van der Waals surface area contributed by atoms with Crippen molar-refractivity contribution in [3.8, 4) is 0 Å². The summed E-state index contributed by atoms with van der Waals surface area (Å²) in [7, 11) is 0. The molecule has 1 amide bonds. The van der Waals surface area contributed by atoms with Crippen LogP contribution in [0.5, 0.6) is 0 Å². The fraction of sp³-hybridized carbons (Fsp3) is 0.238. The highest BCUT2D eigenvalue weighted by atomic mass is 16.2. The number of hydrogen-bond donors (Lipinski definition) is 1. The highest BCUT2D eigenvalue weighted by Gasteiger charge is 2.31. The molecule has 140 valence electrons. The van der Waals surface area contributed by atoms with Crippen LogP contribution >= 0.6 is 0 Å². The third kappa shape index (κ3) is 2.94. The van der Waals surface area contributed by atoms with Crippen molar-refractivity contribution in [2.45, 2.75) is 25.4 Å². The Kier molecular flexibility index (Phi) is 4.12. The summed E-state index contributed by atoms with van der Waals surface area (Å²) in [6, 6.07) is 17.8. The molecule has 2 aromatic carbocycles. The van der Waals surface area contributed by atoms with E-state index in [9.17, 15) is 4.79 Å². The van der Waals surface area contributed by atoms with Crippen molar-refractivity contribution in [1.82, 2.24) is 30.1 Å². The van der Waals surface area contributed by atoms with E-state index in [2.05, 4.69) is 32.6 Å². The molecule has 0 spiro atoms. The molecule has 1 aliphatic rings. The molecule has 0 bridgehead atoms. The molecule has 0 radical (unpaired) electrons. The van der Waals surface area contributed by atoms with Gasteiger partial charge in [0.2, 0.25) is 5.91 Å². The van der Waals surface area contributed by atoms with Gasteiger partial charge in [-0.25, -0.2) is 4.68 Å². The summed E-state index contributed by atoms with van der Waals surface area (Å²) < 4.78 is 1.57. The topological polar surface area (TPSA) is 79.7 Å². The number of benzene rings is 2. The maximum absolute atomic E-state index is 13.5. The van der Waals surface area contributed by atoms with E-state index in [0.717, 1.165) is 17.5 Å². The van der Waals surface area contributed by atoms with E-state index in [1.165, 1.54) is 23.0 Å². The lowest BCUT2D eigenvalue weighted by Gasteiger charge is -2.30. The molecule has 4 aromatic rings. The van der Waals surface area contributed by atoms with Crippen LogP contribution in [0.15, 0.2) is 60.9 Å². The summed E-state index contributed by atoms with van der Waals surface area (Å²) in [6.45, 7) is 1.29. The van der Waals surface area contributed by atoms with Gasteiger partial charge in [-0.1, -0.05) is 48.5 Å². The van der Waals surface area contributed by atoms with E-state index >= 15 is 0 Å². The van der Waals surface area contributed by atoms with E-state index in [1.54, 1.807) is 4.68 Å². The predicted octanol–water partition coefficient (Wildman–Crippen LogP) is 2.52. The van der Waals surface area contributed by atoms with Crippen LogP contribution in [0.2, 0.25) is 0 Å². The van der Waals surface area contributed by atoms with Crippen LogP contribution in [-0.2, 0) is 24.2 Å². The van der Waals surface area contributed by atoms with Crippen LogP contribution in [0.1, 0.15) is 22.9 Å². The van der Waals surface area contributed by atoms with E-state index < -0.39 is 6.04 Å². The normalized spacial score (nSPS) is 14.8. The van der Waals surface area contributed by atoms with Crippen LogP contribution < -0.4 is 0 Å². The smallest absolute Gasteiger partial charge is 0.248 e. The van der Waals surface area contributed by atoms with E-state index in [-0.39, 0.29) is 5.91 Å². The second-order valence-corrected chi connectivity index (χ2v) is 7.13. The minimum absolute atomic E-state index is 0.0482. The van der Waals surface area contributed by atoms with Gasteiger partial charge < -0.3 is 9.88 Å². The lowest BCUT2D eigenvalue weighted by Crippen LogP contribution is -2.41. The van der Waals surface area contributed by atoms with Gasteiger partial charge in [-0.3, -0.25) is 4.79 Å². The summed E-state index contributed by atoms with van der Waals surface area (Å²) in [6.07, 6.45) is 2.90. The molecule has 1 unspecified atom stereocenters. The molecule has 7 heteroatoms. The zero-order valence-corrected chi connectivity index (χ0v) is 15.3. The number of aromatic amines is 1. The number of amides is 1. The zero-order valence-electron chi connectivity index (χ0n) is 15.3. The van der Waals surface area contributed by atoms with Crippen LogP contribution in [-0.4, -0.2) is 42.5 Å². The van der Waals surface area contributed by atoms with Gasteiger partial charge in [0.15, 0.2) is 0 Å². The molecule has 3 heterocycles. The molecule has 0 aliphatic carbocycles. The maximum Gasteiger partial charge on any atom is 0.248 e. The fourth-order valence-electron chi connectivity index (χ4n) is 4.01. The van der Waals surface area contributed by atoms with Crippen LogP contribution in [0.3, 0.4) is 0 Å². The van der Waals surface area contributed by atoms with Gasteiger partial charge in [-0.05, 0) is 22.1 Å². The van der Waals surface area contributed by atoms with Gasteiger partial charge in [0.1, 0.15) is 12.4 Å². The molecular weight excluding hydrogens is 352 g/mol. The van der Waals surface area contributed by atoms with Crippen LogP contribution in [0.4, 0.5) is 0 Å². The van der Waals surface area contributed by atoms with E-state index in [1.807, 2.05) is 47.4 Å². The first kappa shape index (κ1) is 16.7. The number of nitrogens with one attached hydrogen (secondary N) is 1. The Bertz CT molecular complexity index is 1100. The second-order valence-electron chi connectivity index (χ2n) is 7.13. The molecular formula is C21H20N6O. The van der Waals surface area contributed by atoms with Crippen molar-refractivity contribution in [2.24, 2.45) is 0 Å². The minimum atomic E-state index is -0.454. The predicted molar refractivity (Wildman–Crippen MR) is 104 cm³/mol. The Hall–Kier alpha value is -3.48. The van der Waals surface area contributed by atoms with Gasteiger partial charge >= 0.3 is 0 Å². The molecule has 0 saturated heterocycles. The Balaban J connectivity index is 1.45. The number of para-hydroxylation sites is 1. The van der Waals surface area contributed by atoms with E-state index in [0.29, 0.717) is 19.5 Å². The SMILES string of the molecule is O=C(C(Cc1ccccc1)n1cnnn1)N1CCc2[nH]c3ccccc3c2C1. The van der Waals surface area contributed by atoms with Crippen molar-refractivity contribution < 1.29 is 4.79 Å². The molecule has 28 heavy (non-hydrogen) atoms. The first-order valence-corrected chi connectivity index (χ1v) is 9.43. The standard InChI is InChI=1S/C21H20N6O/c28-21(20(27-14-22-24-25-27)12-15-6-2-1-3-7-15)26-11-10-19-17(13-26)16-8-4-5-9-18(16)23-19/h1-9,14,20,23H,10-13H2. The molecule has 7 nitrogen and oxygen atoms in total. The van der Waals surface area contributed by atoms with Gasteiger partial charge in [-0.2, -0.15) is 0 Å². The first-order chi connectivity index (χ1) is 13.8. The number of fused-ring (bicyclic) bond motifs is 3. The number of nitrogens with zero attached hydrogens (tertiary/aromatic N) is 5. The first-order valence-electron chi connectivity index (χ1n) is 9.43. The molecule has 1 atom stereocenters. The summed E-state index contributed by atoms with van der Waals surface area (Å²) >= 11 is 0. The maximum atomic E-state index is 13.5. The van der Waals surface area contributed by atoms with Crippen LogP contribution in [0, 0.1) is 0 Å². The lowest BCUT2D eigenvalue weighted by molar-refractivity contribution is -0.136. The van der Waals surface area contributed by atoms with Crippen molar-refractivity contribution in [1.29, 1.82) is 0 Å². The highest BCUT2D eigenvalue weighted by molar-refractivity contribution is 5.86. The summed E-state index contributed by atoms with van der Waals surface area (Å²) in [5, 5.41) is 12.7. The third-order valence-corrected chi connectivity index (χ3v) is 5.44. The molecule has 0 saturated carbocycles. The van der Waals surface area contributed by atoms with Gasteiger partial charge in [0, 0.05) is 48.1 Å². The zero-order chi connectivity index (χ0) is 18.9. The molecule has 5 rings (SSSR count). The largest absolute Gasteiger partial charge is 0.358 e. The van der Waals surface area contributed by atoms with Gasteiger partial charge in [-0.15, -0.1) is 5.10 Å². The number of carbonyl (C=O) groups is 1. The van der Waals surface area contributed by atoms with Crippen molar-refractivity contribution in [2.75, 3.05) is 6.54 Å². The van der Waals surface area contributed by atoms with Crippen molar-refractivity contribution in [3.05, 3.63) is 77.7 Å². The van der Waals surface area contributed by atoms with Crippen LogP contribution in [0.25, 0.3) is 10.9 Å². The Morgan fingerprint density at radius 2 is 1.93 bits per heavy atom. The quantitative estimate of drug-likeness (QED) is 0.597. The summed E-state index contributed by atoms with van der Waals surface area (Å²) in [5.41, 5.74) is 4.65. The van der Waals surface area contributed by atoms with Crippen molar-refractivity contribution >= 4 is 16.8 Å². The molecule has 1 N–H and O–H groups in total. The van der Waals surface area contributed by atoms with Gasteiger partial charge in [0.05, 0.1) is 0 Å². The number of tetrazole rings is 1. The molecule has 1 aliphatic heterocycles. The second kappa shape index (κ2) is 6.92. The number of aromatic nitrogens is 5. The average Bonchev–Trinajstić information content (AvgIpc) is 3.40. The number of hydrogen-bond acceptors (Lipinski definition) is 4. The Morgan fingerprint density at radius 1 is 1.11 bits per heavy atom. The number of carbonyl (C=O) groups excluding carboxylic acids is 1. The number of H-pyrrole nitrogens is 1. The molecule has 0 fully saturated rings. The Morgan fingerprint density at radius 3 is 2.75 bits per heavy atom. The Labute approximate surface area is 162 Å². The lowest BCUT2D eigenvalue weighted by atomic mass is 10.0. The average molecular weight is 372 g/mol. The molecule has 2 aromatic heterocycles. The fourth-order valence-corrected chi connectivity index (χ4v) is 4.01. The monoisotopic (exact) mass is 372 g/mol. The summed E-state index contributed by atoms with van der Waals surface area (Å²) in [4.78, 5) is 18.9. The third-order valence-electron chi connectivity index (χ3n) is 5.44. The van der Waals surface area contributed by atoms with Crippen molar-refractivity contribution in [3.63, 3.8) is 0 Å². The minimum Gasteiger partial charge on any atom is -0.358 e. The highest BCUT2D eigenvalue weighted by Crippen LogP contribution is 2.29. The van der Waals surface area contributed by atoms with Gasteiger partial charge in [0.25, 0.3) is 0 Å². The van der Waals surface area contributed by atoms with E-state index in [4.69, 9.17) is 0 Å².